The molecule has 0 amide bonds. The molecule has 3 aromatic rings. The largest absolute Gasteiger partial charge is 0.573 e. The first-order chi connectivity index (χ1) is 18.2. The Bertz CT molecular complexity index is 1340. The number of fused-ring (bicyclic) bond motifs is 2. The number of anilines is 2. The number of hydrogen-bond donors (Lipinski definition) is 2. The fourth-order valence-electron chi connectivity index (χ4n) is 4.59. The van der Waals surface area contributed by atoms with Gasteiger partial charge in [-0.25, -0.2) is 13.3 Å². The molecule has 10 heteroatoms. The number of aliphatic hydroxyl groups excluding tert-OH is 1. The molecular formula is C28H30F3N3O3S. The van der Waals surface area contributed by atoms with Gasteiger partial charge < -0.3 is 14.7 Å². The van der Waals surface area contributed by atoms with E-state index in [1.165, 1.54) is 23.3 Å². The highest BCUT2D eigenvalue weighted by molar-refractivity contribution is 7.91. The van der Waals surface area contributed by atoms with Crippen molar-refractivity contribution in [2.24, 2.45) is 10.3 Å². The van der Waals surface area contributed by atoms with E-state index >= 15 is 0 Å². The minimum absolute atomic E-state index is 0.0192. The lowest BCUT2D eigenvalue weighted by molar-refractivity contribution is -0.274. The molecule has 2 aliphatic rings. The van der Waals surface area contributed by atoms with Gasteiger partial charge in [-0.15, -0.1) is 13.2 Å². The maximum absolute atomic E-state index is 13.9. The third-order valence-electron chi connectivity index (χ3n) is 6.72. The smallest absolute Gasteiger partial charge is 0.406 e. The van der Waals surface area contributed by atoms with E-state index in [0.29, 0.717) is 12.5 Å². The molecule has 2 atom stereocenters. The minimum atomic E-state index is -4.81. The predicted molar refractivity (Wildman–Crippen MR) is 141 cm³/mol. The molecule has 6 nitrogen and oxygen atoms in total. The van der Waals surface area contributed by atoms with Crippen LogP contribution in [-0.4, -0.2) is 41.4 Å². The van der Waals surface area contributed by atoms with Crippen molar-refractivity contribution in [2.45, 2.75) is 43.0 Å². The van der Waals surface area contributed by atoms with Gasteiger partial charge in [0.25, 0.3) is 0 Å². The number of benzene rings is 3. The van der Waals surface area contributed by atoms with Gasteiger partial charge >= 0.3 is 6.36 Å². The van der Waals surface area contributed by atoms with Gasteiger partial charge in [-0.1, -0.05) is 36.4 Å². The van der Waals surface area contributed by atoms with E-state index in [1.54, 1.807) is 0 Å². The summed E-state index contributed by atoms with van der Waals surface area (Å²) in [5.74, 6) is -0.0378. The quantitative estimate of drug-likeness (QED) is 0.366. The molecule has 0 saturated heterocycles. The highest BCUT2D eigenvalue weighted by atomic mass is 32.2. The Hall–Kier alpha value is -3.08. The number of aryl methyl sites for hydroxylation is 2. The van der Waals surface area contributed by atoms with Crippen LogP contribution in [0.3, 0.4) is 0 Å². The number of nitrogens with one attached hydrogen (secondary N) is 1. The molecule has 1 fully saturated rings. The Labute approximate surface area is 220 Å². The summed E-state index contributed by atoms with van der Waals surface area (Å²) in [6, 6.07) is 21.1. The molecule has 38 heavy (non-hydrogen) atoms. The fraction of sp³-hybridized carbons (Fsp3) is 0.357. The molecule has 1 aliphatic heterocycles. The van der Waals surface area contributed by atoms with Gasteiger partial charge in [0, 0.05) is 17.9 Å². The van der Waals surface area contributed by atoms with Crippen LogP contribution in [0.5, 0.6) is 5.75 Å². The number of ether oxygens (including phenoxy) is 1. The Morgan fingerprint density at radius 1 is 0.974 bits per heavy atom. The minimum Gasteiger partial charge on any atom is -0.406 e. The number of β-amino-alcohol motifs (C(OH)–C–C–N with tert-alkyl or cyclic N) is 1. The van der Waals surface area contributed by atoms with Crippen LogP contribution in [0.2, 0.25) is 0 Å². The molecule has 3 aromatic carbocycles. The summed E-state index contributed by atoms with van der Waals surface area (Å²) < 4.78 is 62.9. The zero-order valence-electron chi connectivity index (χ0n) is 20.7. The van der Waals surface area contributed by atoms with Crippen LogP contribution in [0.4, 0.5) is 24.5 Å². The van der Waals surface area contributed by atoms with Crippen molar-refractivity contribution in [1.82, 2.24) is 4.72 Å². The number of hydrogen-bond acceptors (Lipinski definition) is 5. The lowest BCUT2D eigenvalue weighted by Crippen LogP contribution is -2.39. The molecule has 0 aromatic heterocycles. The van der Waals surface area contributed by atoms with Crippen LogP contribution in [0.1, 0.15) is 24.0 Å². The SMILES string of the molecule is O=[S@](=NCC1CC1)(NC[C@H](O)CN1c2ccccc2CCc2ccccc21)c1ccc(OC(F)(F)F)cc1. The van der Waals surface area contributed by atoms with Gasteiger partial charge in [-0.05, 0) is 79.1 Å². The zero-order valence-corrected chi connectivity index (χ0v) is 21.5. The standard InChI is InChI=1S/C28H30F3N3O3S/c29-28(30,31)37-24-13-15-25(16-14-24)38(36,32-17-20-9-10-20)33-18-23(35)19-34-26-7-3-1-5-21(26)11-12-22-6-2-4-8-27(22)34/h1-8,13-16,20,23,35H,9-12,17-19H2,(H,32,33,36)/t23-,38+/m0/s1. The van der Waals surface area contributed by atoms with Crippen LogP contribution in [0.25, 0.3) is 0 Å². The van der Waals surface area contributed by atoms with Gasteiger partial charge in [0.05, 0.1) is 24.1 Å². The van der Waals surface area contributed by atoms with E-state index in [0.717, 1.165) is 49.2 Å². The van der Waals surface area contributed by atoms with E-state index in [-0.39, 0.29) is 18.0 Å². The van der Waals surface area contributed by atoms with Gasteiger partial charge in [-0.2, -0.15) is 0 Å². The van der Waals surface area contributed by atoms with Crippen LogP contribution in [0, 0.1) is 5.92 Å². The second kappa shape index (κ2) is 11.0. The molecule has 0 bridgehead atoms. The molecule has 1 aliphatic carbocycles. The Balaban J connectivity index is 1.35. The van der Waals surface area contributed by atoms with Crippen molar-refractivity contribution in [2.75, 3.05) is 24.5 Å². The number of halogens is 3. The number of rotatable bonds is 9. The molecular weight excluding hydrogens is 515 g/mol. The zero-order chi connectivity index (χ0) is 26.8. The third-order valence-corrected chi connectivity index (χ3v) is 8.71. The summed E-state index contributed by atoms with van der Waals surface area (Å²) in [4.78, 5) is 2.33. The molecule has 2 N–H and O–H groups in total. The van der Waals surface area contributed by atoms with E-state index in [9.17, 15) is 22.5 Å². The van der Waals surface area contributed by atoms with Gasteiger partial charge in [0.1, 0.15) is 15.7 Å². The van der Waals surface area contributed by atoms with Crippen molar-refractivity contribution in [3.8, 4) is 5.75 Å². The number of para-hydroxylation sites is 2. The van der Waals surface area contributed by atoms with Crippen molar-refractivity contribution in [1.29, 1.82) is 0 Å². The highest BCUT2D eigenvalue weighted by Gasteiger charge is 2.31. The monoisotopic (exact) mass is 545 g/mol. The first-order valence-electron chi connectivity index (χ1n) is 12.6. The van der Waals surface area contributed by atoms with Crippen molar-refractivity contribution >= 4 is 21.3 Å². The molecule has 0 radical (unpaired) electrons. The Morgan fingerprint density at radius 3 is 2.11 bits per heavy atom. The summed E-state index contributed by atoms with van der Waals surface area (Å²) in [6.45, 7) is 0.627. The summed E-state index contributed by atoms with van der Waals surface area (Å²) in [5.41, 5.74) is 4.42. The van der Waals surface area contributed by atoms with Crippen LogP contribution in [0.15, 0.2) is 82.1 Å². The fourth-order valence-corrected chi connectivity index (χ4v) is 6.34. The average Bonchev–Trinajstić information content (AvgIpc) is 3.74. The number of nitrogens with zero attached hydrogens (tertiary/aromatic N) is 2. The highest BCUT2D eigenvalue weighted by Crippen LogP contribution is 2.36. The average molecular weight is 546 g/mol. The van der Waals surface area contributed by atoms with E-state index < -0.39 is 28.1 Å². The van der Waals surface area contributed by atoms with Crippen LogP contribution >= 0.6 is 0 Å². The van der Waals surface area contributed by atoms with Gasteiger partial charge in [0.15, 0.2) is 0 Å². The predicted octanol–water partition coefficient (Wildman–Crippen LogP) is 5.62. The van der Waals surface area contributed by atoms with Crippen LogP contribution in [-0.2, 0) is 22.8 Å². The van der Waals surface area contributed by atoms with E-state index in [2.05, 4.69) is 30.9 Å². The molecule has 0 spiro atoms. The lowest BCUT2D eigenvalue weighted by atomic mass is 10.0. The van der Waals surface area contributed by atoms with Gasteiger partial charge in [-0.3, -0.25) is 0 Å². The Kier molecular flexibility index (Phi) is 7.65. The maximum Gasteiger partial charge on any atom is 0.573 e. The molecule has 0 unspecified atom stereocenters. The second-order valence-corrected chi connectivity index (χ2v) is 11.7. The van der Waals surface area contributed by atoms with Crippen molar-refractivity contribution in [3.63, 3.8) is 0 Å². The third kappa shape index (κ3) is 6.48. The van der Waals surface area contributed by atoms with E-state index in [4.69, 9.17) is 0 Å². The number of alkyl halides is 3. The molecule has 1 saturated carbocycles. The van der Waals surface area contributed by atoms with Crippen molar-refractivity contribution < 1.29 is 27.2 Å². The topological polar surface area (TPSA) is 74.2 Å². The first-order valence-corrected chi connectivity index (χ1v) is 14.2. The summed E-state index contributed by atoms with van der Waals surface area (Å²) in [5, 5.41) is 11.1. The molecule has 5 rings (SSSR count). The first kappa shape index (κ1) is 26.5. The van der Waals surface area contributed by atoms with Crippen LogP contribution < -0.4 is 14.4 Å². The summed E-state index contributed by atoms with van der Waals surface area (Å²) in [7, 11) is -3.19. The Morgan fingerprint density at radius 2 is 1.55 bits per heavy atom. The maximum atomic E-state index is 13.9. The molecule has 202 valence electrons. The van der Waals surface area contributed by atoms with E-state index in [1.807, 2.05) is 36.4 Å². The molecule has 1 heterocycles. The summed E-state index contributed by atoms with van der Waals surface area (Å²) in [6.07, 6.45) is -1.92. The second-order valence-electron chi connectivity index (χ2n) is 9.67. The lowest BCUT2D eigenvalue weighted by Gasteiger charge is -2.29. The van der Waals surface area contributed by atoms with Gasteiger partial charge in [0.2, 0.25) is 0 Å². The number of aliphatic hydroxyl groups is 1. The normalized spacial score (nSPS) is 17.5. The van der Waals surface area contributed by atoms with Crippen molar-refractivity contribution in [3.05, 3.63) is 83.9 Å². The summed E-state index contributed by atoms with van der Waals surface area (Å²) >= 11 is 0.